The van der Waals surface area contributed by atoms with Gasteiger partial charge in [-0.05, 0) is 38.1 Å². The fourth-order valence-corrected chi connectivity index (χ4v) is 2.75. The maximum atomic E-state index is 12.1. The number of amides is 1. The van der Waals surface area contributed by atoms with E-state index in [1.54, 1.807) is 0 Å². The molecule has 0 aromatic carbocycles. The van der Waals surface area contributed by atoms with Gasteiger partial charge < -0.3 is 10.2 Å². The lowest BCUT2D eigenvalue weighted by Crippen LogP contribution is -2.47. The normalized spacial score (nSPS) is 22.9. The molecule has 1 fully saturated rings. The van der Waals surface area contributed by atoms with Crippen molar-refractivity contribution in [3.05, 3.63) is 0 Å². The molecule has 1 aliphatic heterocycles. The number of piperidine rings is 1. The highest BCUT2D eigenvalue weighted by atomic mass is 16.2. The molecule has 0 aliphatic carbocycles. The van der Waals surface area contributed by atoms with Gasteiger partial charge in [0.05, 0.1) is 0 Å². The molecule has 1 saturated heterocycles. The Kier molecular flexibility index (Phi) is 5.96. The van der Waals surface area contributed by atoms with Crippen LogP contribution < -0.4 is 5.32 Å². The van der Waals surface area contributed by atoms with Crippen molar-refractivity contribution in [3.63, 3.8) is 0 Å². The van der Waals surface area contributed by atoms with Crippen molar-refractivity contribution in [1.82, 2.24) is 10.2 Å². The van der Waals surface area contributed by atoms with Gasteiger partial charge in [0.25, 0.3) is 0 Å². The number of hydrogen-bond donors (Lipinski definition) is 1. The maximum Gasteiger partial charge on any atom is 0.222 e. The summed E-state index contributed by atoms with van der Waals surface area (Å²) in [5, 5.41) is 3.28. The summed E-state index contributed by atoms with van der Waals surface area (Å²) in [5.41, 5.74) is 0. The third-order valence-corrected chi connectivity index (χ3v) is 3.58. The summed E-state index contributed by atoms with van der Waals surface area (Å²) in [6.07, 6.45) is 4.20. The van der Waals surface area contributed by atoms with Crippen LogP contribution in [0, 0.1) is 11.8 Å². The van der Waals surface area contributed by atoms with Crippen molar-refractivity contribution < 1.29 is 4.79 Å². The summed E-state index contributed by atoms with van der Waals surface area (Å²) in [6.45, 7) is 8.48. The number of hydrogen-bond acceptors (Lipinski definition) is 2. The molecular formula is C14H28N2O. The smallest absolute Gasteiger partial charge is 0.222 e. The molecule has 3 nitrogen and oxygen atoms in total. The maximum absolute atomic E-state index is 12.1. The molecule has 1 N–H and O–H groups in total. The molecule has 1 amide bonds. The number of nitrogens with one attached hydrogen (secondary N) is 1. The Bertz CT molecular complexity index is 240. The summed E-state index contributed by atoms with van der Waals surface area (Å²) in [5.74, 6) is 1.54. The molecule has 0 bridgehead atoms. The number of likely N-dealkylation sites (N-methyl/N-ethyl adjacent to an activating group) is 1. The Hall–Kier alpha value is -0.570. The average molecular weight is 240 g/mol. The summed E-state index contributed by atoms with van der Waals surface area (Å²) >= 11 is 0. The minimum atomic E-state index is 0.345. The van der Waals surface area contributed by atoms with E-state index < -0.39 is 0 Å². The van der Waals surface area contributed by atoms with Crippen molar-refractivity contribution >= 4 is 5.91 Å². The van der Waals surface area contributed by atoms with Gasteiger partial charge in [0.15, 0.2) is 0 Å². The van der Waals surface area contributed by atoms with Crippen LogP contribution in [0.25, 0.3) is 0 Å². The molecule has 0 saturated carbocycles. The molecule has 17 heavy (non-hydrogen) atoms. The zero-order valence-corrected chi connectivity index (χ0v) is 11.8. The molecule has 3 heteroatoms. The SMILES string of the molecule is CNC1CCCN(C(=O)CC(C)CC(C)C)C1. The van der Waals surface area contributed by atoms with Gasteiger partial charge in [-0.2, -0.15) is 0 Å². The first-order valence-electron chi connectivity index (χ1n) is 6.98. The average Bonchev–Trinajstić information content (AvgIpc) is 2.27. The van der Waals surface area contributed by atoms with Crippen LogP contribution in [0.5, 0.6) is 0 Å². The van der Waals surface area contributed by atoms with Crippen LogP contribution in [-0.4, -0.2) is 37.0 Å². The topological polar surface area (TPSA) is 32.3 Å². The molecule has 0 radical (unpaired) electrons. The highest BCUT2D eigenvalue weighted by molar-refractivity contribution is 5.76. The van der Waals surface area contributed by atoms with E-state index in [0.29, 0.717) is 30.2 Å². The first kappa shape index (κ1) is 14.5. The quantitative estimate of drug-likeness (QED) is 0.799. The second-order valence-electron chi connectivity index (χ2n) is 5.91. The van der Waals surface area contributed by atoms with Crippen molar-refractivity contribution in [3.8, 4) is 0 Å². The van der Waals surface area contributed by atoms with Crippen LogP contribution in [-0.2, 0) is 4.79 Å². The number of carbonyl (C=O) groups is 1. The fraction of sp³-hybridized carbons (Fsp3) is 0.929. The van der Waals surface area contributed by atoms with Gasteiger partial charge >= 0.3 is 0 Å². The van der Waals surface area contributed by atoms with Gasteiger partial charge in [-0.25, -0.2) is 0 Å². The van der Waals surface area contributed by atoms with Crippen LogP contribution in [0.3, 0.4) is 0 Å². The van der Waals surface area contributed by atoms with Crippen LogP contribution in [0.4, 0.5) is 0 Å². The lowest BCUT2D eigenvalue weighted by molar-refractivity contribution is -0.133. The van der Waals surface area contributed by atoms with E-state index in [2.05, 4.69) is 26.1 Å². The summed E-state index contributed by atoms with van der Waals surface area (Å²) in [6, 6.07) is 0.494. The van der Waals surface area contributed by atoms with Crippen LogP contribution >= 0.6 is 0 Å². The van der Waals surface area contributed by atoms with E-state index >= 15 is 0 Å². The summed E-state index contributed by atoms with van der Waals surface area (Å²) < 4.78 is 0. The fourth-order valence-electron chi connectivity index (χ4n) is 2.75. The van der Waals surface area contributed by atoms with Crippen molar-refractivity contribution in [1.29, 1.82) is 0 Å². The van der Waals surface area contributed by atoms with Gasteiger partial charge in [0, 0.05) is 25.6 Å². The first-order valence-corrected chi connectivity index (χ1v) is 6.98. The monoisotopic (exact) mass is 240 g/mol. The predicted octanol–water partition coefficient (Wildman–Crippen LogP) is 2.27. The molecule has 1 aliphatic rings. The molecular weight excluding hydrogens is 212 g/mol. The lowest BCUT2D eigenvalue weighted by atomic mass is 9.95. The van der Waals surface area contributed by atoms with Crippen LogP contribution in [0.2, 0.25) is 0 Å². The van der Waals surface area contributed by atoms with E-state index in [9.17, 15) is 4.79 Å². The Morgan fingerprint density at radius 3 is 2.71 bits per heavy atom. The van der Waals surface area contributed by atoms with Gasteiger partial charge in [-0.15, -0.1) is 0 Å². The zero-order chi connectivity index (χ0) is 12.8. The number of likely N-dealkylation sites (tertiary alicyclic amines) is 1. The van der Waals surface area contributed by atoms with Crippen molar-refractivity contribution in [2.24, 2.45) is 11.8 Å². The zero-order valence-electron chi connectivity index (χ0n) is 11.8. The summed E-state index contributed by atoms with van der Waals surface area (Å²) in [7, 11) is 1.99. The van der Waals surface area contributed by atoms with E-state index in [-0.39, 0.29) is 0 Å². The lowest BCUT2D eigenvalue weighted by Gasteiger charge is -2.33. The molecule has 1 rings (SSSR count). The molecule has 2 atom stereocenters. The second-order valence-corrected chi connectivity index (χ2v) is 5.91. The Morgan fingerprint density at radius 2 is 2.12 bits per heavy atom. The largest absolute Gasteiger partial charge is 0.341 e. The molecule has 100 valence electrons. The Balaban J connectivity index is 2.36. The van der Waals surface area contributed by atoms with Gasteiger partial charge in [0.1, 0.15) is 0 Å². The van der Waals surface area contributed by atoms with E-state index in [1.165, 1.54) is 6.42 Å². The standard InChI is InChI=1S/C14H28N2O/c1-11(2)8-12(3)9-14(17)16-7-5-6-13(10-16)15-4/h11-13,15H,5-10H2,1-4H3. The minimum Gasteiger partial charge on any atom is -0.341 e. The second kappa shape index (κ2) is 7.00. The number of carbonyl (C=O) groups excluding carboxylic acids is 1. The Labute approximate surface area is 106 Å². The molecule has 2 unspecified atom stereocenters. The number of nitrogens with zero attached hydrogens (tertiary/aromatic N) is 1. The molecule has 0 aromatic heterocycles. The minimum absolute atomic E-state index is 0.345. The van der Waals surface area contributed by atoms with E-state index in [0.717, 1.165) is 25.9 Å². The highest BCUT2D eigenvalue weighted by Gasteiger charge is 2.23. The van der Waals surface area contributed by atoms with Gasteiger partial charge in [0.2, 0.25) is 5.91 Å². The van der Waals surface area contributed by atoms with Crippen LogP contribution in [0.1, 0.15) is 46.5 Å². The summed E-state index contributed by atoms with van der Waals surface area (Å²) in [4.78, 5) is 14.2. The van der Waals surface area contributed by atoms with E-state index in [1.807, 2.05) is 11.9 Å². The predicted molar refractivity (Wildman–Crippen MR) is 71.9 cm³/mol. The van der Waals surface area contributed by atoms with Gasteiger partial charge in [-0.3, -0.25) is 4.79 Å². The van der Waals surface area contributed by atoms with Gasteiger partial charge in [-0.1, -0.05) is 20.8 Å². The van der Waals surface area contributed by atoms with Crippen molar-refractivity contribution in [2.75, 3.05) is 20.1 Å². The molecule has 0 aromatic rings. The van der Waals surface area contributed by atoms with E-state index in [4.69, 9.17) is 0 Å². The third kappa shape index (κ3) is 5.07. The van der Waals surface area contributed by atoms with Crippen molar-refractivity contribution in [2.45, 2.75) is 52.5 Å². The highest BCUT2D eigenvalue weighted by Crippen LogP contribution is 2.18. The van der Waals surface area contributed by atoms with Crippen LogP contribution in [0.15, 0.2) is 0 Å². The number of rotatable bonds is 5. The molecule has 0 spiro atoms. The third-order valence-electron chi connectivity index (χ3n) is 3.58. The first-order chi connectivity index (χ1) is 8.02. The Morgan fingerprint density at radius 1 is 1.41 bits per heavy atom. The molecule has 1 heterocycles.